The molecule has 0 radical (unpaired) electrons. The first-order valence-electron chi connectivity index (χ1n) is 10.3. The van der Waals surface area contributed by atoms with E-state index in [1.807, 2.05) is 11.0 Å². The summed E-state index contributed by atoms with van der Waals surface area (Å²) in [5, 5.41) is 3.33. The molecule has 1 aromatic heterocycles. The highest BCUT2D eigenvalue weighted by molar-refractivity contribution is 5.95. The van der Waals surface area contributed by atoms with Crippen molar-refractivity contribution in [1.29, 1.82) is 0 Å². The number of amides is 1. The molecule has 6 heteroatoms. The van der Waals surface area contributed by atoms with Crippen LogP contribution in [0.2, 0.25) is 0 Å². The van der Waals surface area contributed by atoms with E-state index in [-0.39, 0.29) is 5.91 Å². The second-order valence-electron chi connectivity index (χ2n) is 7.52. The molecule has 0 atom stereocenters. The van der Waals surface area contributed by atoms with Crippen molar-refractivity contribution in [2.75, 3.05) is 56.0 Å². The average molecular weight is 380 g/mol. The Hall–Kier alpha value is -2.60. The van der Waals surface area contributed by atoms with Crippen molar-refractivity contribution in [3.63, 3.8) is 0 Å². The lowest BCUT2D eigenvalue weighted by Crippen LogP contribution is -2.48. The Morgan fingerprint density at radius 1 is 1.00 bits per heavy atom. The highest BCUT2D eigenvalue weighted by Crippen LogP contribution is 2.24. The number of rotatable bonds is 5. The van der Waals surface area contributed by atoms with E-state index >= 15 is 0 Å². The molecule has 1 aromatic carbocycles. The van der Waals surface area contributed by atoms with Crippen molar-refractivity contribution in [3.05, 3.63) is 48.2 Å². The molecule has 2 aliphatic heterocycles. The largest absolute Gasteiger partial charge is 0.372 e. The van der Waals surface area contributed by atoms with Crippen molar-refractivity contribution >= 4 is 23.1 Å². The van der Waals surface area contributed by atoms with Crippen LogP contribution in [0.4, 0.5) is 17.2 Å². The third kappa shape index (κ3) is 4.28. The molecule has 6 nitrogen and oxygen atoms in total. The predicted octanol–water partition coefficient (Wildman–Crippen LogP) is 3.20. The van der Waals surface area contributed by atoms with Gasteiger partial charge in [0.1, 0.15) is 5.82 Å². The normalized spacial score (nSPS) is 17.8. The molecular formula is C22H29N5O. The highest BCUT2D eigenvalue weighted by atomic mass is 16.2. The molecule has 28 heavy (non-hydrogen) atoms. The Labute approximate surface area is 167 Å². The van der Waals surface area contributed by atoms with Gasteiger partial charge in [-0.1, -0.05) is 6.92 Å². The maximum Gasteiger partial charge on any atom is 0.254 e. The number of likely N-dealkylation sites (N-methyl/N-ethyl adjacent to an activating group) is 1. The van der Waals surface area contributed by atoms with Crippen LogP contribution in [-0.4, -0.2) is 66.5 Å². The number of pyridine rings is 1. The van der Waals surface area contributed by atoms with E-state index in [0.717, 1.165) is 51.5 Å². The zero-order valence-electron chi connectivity index (χ0n) is 16.6. The van der Waals surface area contributed by atoms with E-state index in [4.69, 9.17) is 0 Å². The van der Waals surface area contributed by atoms with Gasteiger partial charge in [-0.3, -0.25) is 4.79 Å². The monoisotopic (exact) mass is 379 g/mol. The minimum atomic E-state index is 0.0885. The highest BCUT2D eigenvalue weighted by Gasteiger charge is 2.21. The zero-order valence-corrected chi connectivity index (χ0v) is 16.6. The molecule has 1 N–H and O–H groups in total. The number of hydrogen-bond donors (Lipinski definition) is 1. The van der Waals surface area contributed by atoms with Gasteiger partial charge in [-0.25, -0.2) is 4.98 Å². The molecule has 2 aromatic rings. The van der Waals surface area contributed by atoms with Crippen LogP contribution in [0.1, 0.15) is 30.1 Å². The number of nitrogens with one attached hydrogen (secondary N) is 1. The fourth-order valence-electron chi connectivity index (χ4n) is 3.96. The smallest absolute Gasteiger partial charge is 0.254 e. The quantitative estimate of drug-likeness (QED) is 0.865. The molecular weight excluding hydrogens is 350 g/mol. The van der Waals surface area contributed by atoms with Crippen LogP contribution in [0, 0.1) is 0 Å². The molecule has 2 aliphatic rings. The Morgan fingerprint density at radius 2 is 1.71 bits per heavy atom. The number of carbonyl (C=O) groups is 1. The molecule has 0 unspecified atom stereocenters. The van der Waals surface area contributed by atoms with Gasteiger partial charge in [-0.2, -0.15) is 0 Å². The molecule has 0 bridgehead atoms. The van der Waals surface area contributed by atoms with Gasteiger partial charge in [0.25, 0.3) is 5.91 Å². The van der Waals surface area contributed by atoms with Gasteiger partial charge in [-0.15, -0.1) is 0 Å². The summed E-state index contributed by atoms with van der Waals surface area (Å²) in [5.41, 5.74) is 2.94. The third-order valence-corrected chi connectivity index (χ3v) is 5.72. The fourth-order valence-corrected chi connectivity index (χ4v) is 3.96. The van der Waals surface area contributed by atoms with Crippen molar-refractivity contribution in [3.8, 4) is 0 Å². The number of benzene rings is 1. The molecule has 3 heterocycles. The van der Waals surface area contributed by atoms with Crippen molar-refractivity contribution < 1.29 is 4.79 Å². The van der Waals surface area contributed by atoms with E-state index < -0.39 is 0 Å². The summed E-state index contributed by atoms with van der Waals surface area (Å²) in [6.07, 6.45) is 4.26. The SMILES string of the molecule is CCN1CCN(C(=O)c2ccnc(Nc3ccc(N4CCCC4)cc3)c2)CC1. The van der Waals surface area contributed by atoms with Gasteiger partial charge in [0, 0.05) is 62.4 Å². The first-order valence-corrected chi connectivity index (χ1v) is 10.3. The molecule has 0 aliphatic carbocycles. The molecule has 0 spiro atoms. The summed E-state index contributed by atoms with van der Waals surface area (Å²) >= 11 is 0. The van der Waals surface area contributed by atoms with Gasteiger partial charge >= 0.3 is 0 Å². The van der Waals surface area contributed by atoms with E-state index in [1.54, 1.807) is 12.3 Å². The van der Waals surface area contributed by atoms with Gasteiger partial charge in [0.15, 0.2) is 0 Å². The Bertz CT molecular complexity index is 793. The molecule has 2 fully saturated rings. The lowest BCUT2D eigenvalue weighted by atomic mass is 10.2. The summed E-state index contributed by atoms with van der Waals surface area (Å²) in [4.78, 5) is 24.0. The summed E-state index contributed by atoms with van der Waals surface area (Å²) in [6.45, 7) is 8.96. The number of nitrogens with zero attached hydrogens (tertiary/aromatic N) is 4. The van der Waals surface area contributed by atoms with Crippen LogP contribution < -0.4 is 10.2 Å². The van der Waals surface area contributed by atoms with Crippen LogP contribution >= 0.6 is 0 Å². The number of aromatic nitrogens is 1. The summed E-state index contributed by atoms with van der Waals surface area (Å²) in [5.74, 6) is 0.789. The summed E-state index contributed by atoms with van der Waals surface area (Å²) in [7, 11) is 0. The number of hydrogen-bond acceptors (Lipinski definition) is 5. The topological polar surface area (TPSA) is 51.7 Å². The van der Waals surface area contributed by atoms with E-state index in [1.165, 1.54) is 18.5 Å². The maximum absolute atomic E-state index is 12.8. The minimum absolute atomic E-state index is 0.0885. The second-order valence-corrected chi connectivity index (χ2v) is 7.52. The van der Waals surface area contributed by atoms with Gasteiger partial charge < -0.3 is 20.0 Å². The van der Waals surface area contributed by atoms with Crippen molar-refractivity contribution in [2.45, 2.75) is 19.8 Å². The molecule has 0 saturated carbocycles. The van der Waals surface area contributed by atoms with Crippen LogP contribution in [-0.2, 0) is 0 Å². The van der Waals surface area contributed by atoms with Crippen molar-refractivity contribution in [1.82, 2.24) is 14.8 Å². The lowest BCUT2D eigenvalue weighted by Gasteiger charge is -2.34. The van der Waals surface area contributed by atoms with Crippen LogP contribution in [0.3, 0.4) is 0 Å². The number of piperazine rings is 1. The van der Waals surface area contributed by atoms with E-state index in [9.17, 15) is 4.79 Å². The average Bonchev–Trinajstić information content (AvgIpc) is 3.29. The molecule has 1 amide bonds. The van der Waals surface area contributed by atoms with E-state index in [2.05, 4.69) is 51.3 Å². The van der Waals surface area contributed by atoms with Crippen molar-refractivity contribution in [2.24, 2.45) is 0 Å². The van der Waals surface area contributed by atoms with Gasteiger partial charge in [-0.05, 0) is 55.8 Å². The van der Waals surface area contributed by atoms with E-state index in [0.29, 0.717) is 11.4 Å². The van der Waals surface area contributed by atoms with Gasteiger partial charge in [0.2, 0.25) is 0 Å². The Morgan fingerprint density at radius 3 is 2.39 bits per heavy atom. The minimum Gasteiger partial charge on any atom is -0.372 e. The molecule has 4 rings (SSSR count). The first kappa shape index (κ1) is 18.7. The predicted molar refractivity (Wildman–Crippen MR) is 113 cm³/mol. The summed E-state index contributed by atoms with van der Waals surface area (Å²) in [6, 6.07) is 12.1. The van der Waals surface area contributed by atoms with Crippen LogP contribution in [0.25, 0.3) is 0 Å². The van der Waals surface area contributed by atoms with Crippen LogP contribution in [0.15, 0.2) is 42.6 Å². The zero-order chi connectivity index (χ0) is 19.3. The van der Waals surface area contributed by atoms with Gasteiger partial charge in [0.05, 0.1) is 0 Å². The first-order chi connectivity index (χ1) is 13.7. The standard InChI is InChI=1S/C22H29N5O/c1-2-25-13-15-27(16-14-25)22(28)18-9-10-23-21(17-18)24-19-5-7-20(8-6-19)26-11-3-4-12-26/h5-10,17H,2-4,11-16H2,1H3,(H,23,24). The molecule has 2 saturated heterocycles. The fraction of sp³-hybridized carbons (Fsp3) is 0.455. The Kier molecular flexibility index (Phi) is 5.76. The van der Waals surface area contributed by atoms with Crippen LogP contribution in [0.5, 0.6) is 0 Å². The second kappa shape index (κ2) is 8.61. The third-order valence-electron chi connectivity index (χ3n) is 5.72. The molecule has 148 valence electrons. The summed E-state index contributed by atoms with van der Waals surface area (Å²) < 4.78 is 0. The Balaban J connectivity index is 1.40. The number of carbonyl (C=O) groups excluding carboxylic acids is 1. The maximum atomic E-state index is 12.8. The number of anilines is 3. The lowest BCUT2D eigenvalue weighted by molar-refractivity contribution is 0.0643.